The fraction of sp³-hybridized carbons (Fsp3) is 0.714. The Kier molecular flexibility index (Phi) is 7.25. The van der Waals surface area contributed by atoms with Crippen molar-refractivity contribution in [3.8, 4) is 0 Å². The van der Waals surface area contributed by atoms with Gasteiger partial charge in [0.15, 0.2) is 0 Å². The maximum Gasteiger partial charge on any atom is 0.236 e. The quantitative estimate of drug-likeness (QED) is 0.655. The van der Waals surface area contributed by atoms with Crippen LogP contribution in [0.25, 0.3) is 0 Å². The second-order valence-electron chi connectivity index (χ2n) is 4.68. The molecule has 1 amide bonds. The Bertz CT molecular complexity index is 417. The SMILES string of the molecule is CCc1cc(CNC(C)C(=O)NCCOC)n(CC)n1. The number of hydrogen-bond donors (Lipinski definition) is 2. The molecule has 1 heterocycles. The minimum absolute atomic E-state index is 0.0136. The van der Waals surface area contributed by atoms with Crippen molar-refractivity contribution in [2.75, 3.05) is 20.3 Å². The van der Waals surface area contributed by atoms with Crippen LogP contribution in [-0.4, -0.2) is 42.0 Å². The van der Waals surface area contributed by atoms with Crippen molar-refractivity contribution < 1.29 is 9.53 Å². The molecule has 0 aliphatic rings. The van der Waals surface area contributed by atoms with Crippen molar-refractivity contribution in [1.82, 2.24) is 20.4 Å². The molecular weight excluding hydrogens is 256 g/mol. The van der Waals surface area contributed by atoms with Gasteiger partial charge in [-0.3, -0.25) is 9.48 Å². The molecule has 1 aromatic rings. The molecule has 0 aliphatic carbocycles. The second-order valence-corrected chi connectivity index (χ2v) is 4.68. The maximum atomic E-state index is 11.8. The Morgan fingerprint density at radius 2 is 2.25 bits per heavy atom. The van der Waals surface area contributed by atoms with E-state index >= 15 is 0 Å². The van der Waals surface area contributed by atoms with Gasteiger partial charge in [0.2, 0.25) is 5.91 Å². The van der Waals surface area contributed by atoms with Gasteiger partial charge < -0.3 is 15.4 Å². The molecule has 0 fully saturated rings. The predicted molar refractivity (Wildman–Crippen MR) is 78.5 cm³/mol. The average Bonchev–Trinajstić information content (AvgIpc) is 2.87. The van der Waals surface area contributed by atoms with Crippen LogP contribution in [-0.2, 0) is 29.0 Å². The molecule has 2 N–H and O–H groups in total. The summed E-state index contributed by atoms with van der Waals surface area (Å²) in [7, 11) is 1.62. The Balaban J connectivity index is 2.45. The number of nitrogens with one attached hydrogen (secondary N) is 2. The van der Waals surface area contributed by atoms with Crippen LogP contribution in [0.2, 0.25) is 0 Å². The van der Waals surface area contributed by atoms with Crippen LogP contribution in [0.5, 0.6) is 0 Å². The van der Waals surface area contributed by atoms with Gasteiger partial charge in [-0.2, -0.15) is 5.10 Å². The lowest BCUT2D eigenvalue weighted by molar-refractivity contribution is -0.123. The van der Waals surface area contributed by atoms with Gasteiger partial charge in [-0.05, 0) is 26.3 Å². The largest absolute Gasteiger partial charge is 0.383 e. The number of rotatable bonds is 9. The lowest BCUT2D eigenvalue weighted by Crippen LogP contribution is -2.43. The third-order valence-electron chi connectivity index (χ3n) is 3.16. The van der Waals surface area contributed by atoms with E-state index in [2.05, 4.69) is 35.6 Å². The Morgan fingerprint density at radius 1 is 1.50 bits per heavy atom. The number of carbonyl (C=O) groups excluding carboxylic acids is 1. The van der Waals surface area contributed by atoms with Gasteiger partial charge in [-0.15, -0.1) is 0 Å². The van der Waals surface area contributed by atoms with Crippen LogP contribution in [0, 0.1) is 0 Å². The summed E-state index contributed by atoms with van der Waals surface area (Å²) in [4.78, 5) is 11.8. The first-order valence-electron chi connectivity index (χ1n) is 7.17. The van der Waals surface area contributed by atoms with E-state index < -0.39 is 0 Å². The maximum absolute atomic E-state index is 11.8. The molecule has 0 aromatic carbocycles. The lowest BCUT2D eigenvalue weighted by atomic mass is 10.2. The number of hydrogen-bond acceptors (Lipinski definition) is 4. The Hall–Kier alpha value is -1.40. The first-order valence-corrected chi connectivity index (χ1v) is 7.17. The summed E-state index contributed by atoms with van der Waals surface area (Å²) in [6.07, 6.45) is 0.924. The smallest absolute Gasteiger partial charge is 0.236 e. The van der Waals surface area contributed by atoms with E-state index in [4.69, 9.17) is 4.74 Å². The number of methoxy groups -OCH3 is 1. The van der Waals surface area contributed by atoms with Crippen LogP contribution in [0.4, 0.5) is 0 Å². The van der Waals surface area contributed by atoms with Crippen molar-refractivity contribution in [2.24, 2.45) is 0 Å². The van der Waals surface area contributed by atoms with Crippen LogP contribution in [0.1, 0.15) is 32.2 Å². The molecule has 1 unspecified atom stereocenters. The molecule has 1 atom stereocenters. The van der Waals surface area contributed by atoms with Crippen LogP contribution < -0.4 is 10.6 Å². The molecular formula is C14H26N4O2. The van der Waals surface area contributed by atoms with Gasteiger partial charge in [0.05, 0.1) is 24.0 Å². The summed E-state index contributed by atoms with van der Waals surface area (Å²) in [5.74, 6) is -0.0136. The number of ether oxygens (including phenoxy) is 1. The van der Waals surface area contributed by atoms with Crippen molar-refractivity contribution in [3.05, 3.63) is 17.5 Å². The Morgan fingerprint density at radius 3 is 2.85 bits per heavy atom. The number of nitrogens with zero attached hydrogens (tertiary/aromatic N) is 2. The van der Waals surface area contributed by atoms with Crippen molar-refractivity contribution in [1.29, 1.82) is 0 Å². The Labute approximate surface area is 120 Å². The minimum Gasteiger partial charge on any atom is -0.383 e. The van der Waals surface area contributed by atoms with Gasteiger partial charge >= 0.3 is 0 Å². The predicted octanol–water partition coefficient (Wildman–Crippen LogP) is 0.706. The average molecular weight is 282 g/mol. The second kappa shape index (κ2) is 8.71. The molecule has 0 saturated heterocycles. The van der Waals surface area contributed by atoms with Gasteiger partial charge in [0, 0.05) is 26.7 Å². The standard InChI is InChI=1S/C14H26N4O2/c1-5-12-9-13(18(6-2)17-12)10-16-11(3)14(19)15-7-8-20-4/h9,11,16H,5-8,10H2,1-4H3,(H,15,19). The van der Waals surface area contributed by atoms with Crippen LogP contribution >= 0.6 is 0 Å². The number of amides is 1. The summed E-state index contributed by atoms with van der Waals surface area (Å²) in [6, 6.07) is 1.85. The van der Waals surface area contributed by atoms with E-state index in [1.54, 1.807) is 7.11 Å². The summed E-state index contributed by atoms with van der Waals surface area (Å²) in [6.45, 7) is 8.55. The molecule has 6 heteroatoms. The van der Waals surface area contributed by atoms with Crippen molar-refractivity contribution >= 4 is 5.91 Å². The van der Waals surface area contributed by atoms with E-state index in [-0.39, 0.29) is 11.9 Å². The molecule has 0 aliphatic heterocycles. The highest BCUT2D eigenvalue weighted by Gasteiger charge is 2.13. The van der Waals surface area contributed by atoms with E-state index in [0.717, 1.165) is 24.4 Å². The third kappa shape index (κ3) is 4.94. The molecule has 0 spiro atoms. The number of carbonyl (C=O) groups is 1. The minimum atomic E-state index is -0.239. The number of aromatic nitrogens is 2. The molecule has 1 aromatic heterocycles. The first kappa shape index (κ1) is 16.7. The van der Waals surface area contributed by atoms with Gasteiger partial charge in [0.25, 0.3) is 0 Å². The van der Waals surface area contributed by atoms with Gasteiger partial charge in [-0.25, -0.2) is 0 Å². The summed E-state index contributed by atoms with van der Waals surface area (Å²) < 4.78 is 6.87. The summed E-state index contributed by atoms with van der Waals surface area (Å²) in [5.41, 5.74) is 2.20. The molecule has 20 heavy (non-hydrogen) atoms. The summed E-state index contributed by atoms with van der Waals surface area (Å²) >= 11 is 0. The monoisotopic (exact) mass is 282 g/mol. The highest BCUT2D eigenvalue weighted by molar-refractivity contribution is 5.81. The zero-order chi connectivity index (χ0) is 15.0. The summed E-state index contributed by atoms with van der Waals surface area (Å²) in [5, 5.41) is 10.5. The number of aryl methyl sites for hydroxylation is 2. The van der Waals surface area contributed by atoms with Gasteiger partial charge in [-0.1, -0.05) is 6.92 Å². The topological polar surface area (TPSA) is 68.2 Å². The fourth-order valence-corrected chi connectivity index (χ4v) is 1.88. The zero-order valence-corrected chi connectivity index (χ0v) is 12.9. The van der Waals surface area contributed by atoms with E-state index in [0.29, 0.717) is 19.7 Å². The lowest BCUT2D eigenvalue weighted by Gasteiger charge is -2.14. The molecule has 6 nitrogen and oxygen atoms in total. The highest BCUT2D eigenvalue weighted by Crippen LogP contribution is 2.05. The van der Waals surface area contributed by atoms with E-state index in [9.17, 15) is 4.79 Å². The first-order chi connectivity index (χ1) is 9.62. The normalized spacial score (nSPS) is 12.4. The van der Waals surface area contributed by atoms with Gasteiger partial charge in [0.1, 0.15) is 0 Å². The molecule has 1 rings (SSSR count). The third-order valence-corrected chi connectivity index (χ3v) is 3.16. The highest BCUT2D eigenvalue weighted by atomic mass is 16.5. The van der Waals surface area contributed by atoms with E-state index in [1.165, 1.54) is 0 Å². The molecule has 114 valence electrons. The van der Waals surface area contributed by atoms with Crippen molar-refractivity contribution in [2.45, 2.75) is 46.3 Å². The molecule has 0 bridgehead atoms. The van der Waals surface area contributed by atoms with E-state index in [1.807, 2.05) is 11.6 Å². The van der Waals surface area contributed by atoms with Crippen LogP contribution in [0.15, 0.2) is 6.07 Å². The van der Waals surface area contributed by atoms with Crippen LogP contribution in [0.3, 0.4) is 0 Å². The molecule has 0 radical (unpaired) electrons. The zero-order valence-electron chi connectivity index (χ0n) is 12.9. The molecule has 0 saturated carbocycles. The van der Waals surface area contributed by atoms with Crippen molar-refractivity contribution in [3.63, 3.8) is 0 Å². The fourth-order valence-electron chi connectivity index (χ4n) is 1.88.